The first kappa shape index (κ1) is 13.2. The number of hydrogen-bond donors (Lipinski definition) is 1. The number of hydrazone groups is 1. The minimum absolute atomic E-state index is 0.747. The molecule has 2 rings (SSSR count). The summed E-state index contributed by atoms with van der Waals surface area (Å²) in [7, 11) is 1.92. The van der Waals surface area contributed by atoms with Gasteiger partial charge in [-0.15, -0.1) is 0 Å². The van der Waals surface area contributed by atoms with Gasteiger partial charge in [-0.05, 0) is 44.4 Å². The molecule has 0 amide bonds. The molecule has 0 saturated carbocycles. The fourth-order valence-corrected chi connectivity index (χ4v) is 2.45. The van der Waals surface area contributed by atoms with Crippen molar-refractivity contribution < 1.29 is 0 Å². The highest BCUT2D eigenvalue weighted by atomic mass is 35.5. The second kappa shape index (κ2) is 6.10. The Morgan fingerprint density at radius 1 is 1.28 bits per heavy atom. The molecule has 1 aliphatic heterocycles. The second-order valence-corrected chi connectivity index (χ2v) is 5.08. The molecule has 98 valence electrons. The van der Waals surface area contributed by atoms with Crippen LogP contribution in [-0.2, 0) is 0 Å². The summed E-state index contributed by atoms with van der Waals surface area (Å²) < 4.78 is 0. The van der Waals surface area contributed by atoms with Gasteiger partial charge in [0, 0.05) is 36.4 Å². The SMILES string of the molecule is CNc1ccc(Cl)cc1/C(C)=N/N1CCCCC1. The number of hydrogen-bond acceptors (Lipinski definition) is 3. The maximum Gasteiger partial charge on any atom is 0.0667 e. The van der Waals surface area contributed by atoms with Gasteiger partial charge in [-0.2, -0.15) is 5.10 Å². The van der Waals surface area contributed by atoms with E-state index in [1.54, 1.807) is 0 Å². The van der Waals surface area contributed by atoms with E-state index in [1.807, 2.05) is 32.2 Å². The van der Waals surface area contributed by atoms with E-state index in [1.165, 1.54) is 19.3 Å². The predicted molar refractivity (Wildman–Crippen MR) is 78.6 cm³/mol. The van der Waals surface area contributed by atoms with E-state index in [0.717, 1.165) is 35.1 Å². The Kier molecular flexibility index (Phi) is 4.48. The zero-order chi connectivity index (χ0) is 13.0. The summed E-state index contributed by atoms with van der Waals surface area (Å²) in [4.78, 5) is 0. The smallest absolute Gasteiger partial charge is 0.0667 e. The van der Waals surface area contributed by atoms with Crippen LogP contribution in [0.15, 0.2) is 23.3 Å². The van der Waals surface area contributed by atoms with Crippen LogP contribution in [0.25, 0.3) is 0 Å². The first-order valence-electron chi connectivity index (χ1n) is 6.48. The highest BCUT2D eigenvalue weighted by Gasteiger charge is 2.10. The fraction of sp³-hybridized carbons (Fsp3) is 0.500. The van der Waals surface area contributed by atoms with Crippen LogP contribution in [0, 0.1) is 0 Å². The molecule has 1 fully saturated rings. The van der Waals surface area contributed by atoms with E-state index in [4.69, 9.17) is 16.7 Å². The first-order valence-corrected chi connectivity index (χ1v) is 6.86. The van der Waals surface area contributed by atoms with Crippen LogP contribution in [0.2, 0.25) is 5.02 Å². The third kappa shape index (κ3) is 3.16. The molecular weight excluding hydrogens is 246 g/mol. The summed E-state index contributed by atoms with van der Waals surface area (Å²) >= 11 is 6.06. The lowest BCUT2D eigenvalue weighted by Gasteiger charge is -2.24. The van der Waals surface area contributed by atoms with Crippen LogP contribution in [-0.4, -0.2) is 30.9 Å². The molecule has 1 aromatic carbocycles. The molecule has 1 aliphatic rings. The minimum atomic E-state index is 0.747. The molecule has 0 aromatic heterocycles. The third-order valence-electron chi connectivity index (χ3n) is 3.26. The number of nitrogens with one attached hydrogen (secondary N) is 1. The van der Waals surface area contributed by atoms with Crippen molar-refractivity contribution in [3.8, 4) is 0 Å². The summed E-state index contributed by atoms with van der Waals surface area (Å²) in [5, 5.41) is 10.8. The van der Waals surface area contributed by atoms with Gasteiger partial charge in [-0.3, -0.25) is 5.01 Å². The number of benzene rings is 1. The normalized spacial score (nSPS) is 16.8. The third-order valence-corrected chi connectivity index (χ3v) is 3.50. The Morgan fingerprint density at radius 2 is 2.00 bits per heavy atom. The number of halogens is 1. The second-order valence-electron chi connectivity index (χ2n) is 4.64. The predicted octanol–water partition coefficient (Wildman–Crippen LogP) is 3.59. The molecule has 3 nitrogen and oxygen atoms in total. The largest absolute Gasteiger partial charge is 0.388 e. The van der Waals surface area contributed by atoms with Gasteiger partial charge in [0.2, 0.25) is 0 Å². The molecule has 0 bridgehead atoms. The molecule has 1 N–H and O–H groups in total. The van der Waals surface area contributed by atoms with Crippen LogP contribution >= 0.6 is 11.6 Å². The van der Waals surface area contributed by atoms with Gasteiger partial charge in [-0.25, -0.2) is 0 Å². The van der Waals surface area contributed by atoms with Gasteiger partial charge in [0.15, 0.2) is 0 Å². The van der Waals surface area contributed by atoms with Crippen LogP contribution in [0.3, 0.4) is 0 Å². The fourth-order valence-electron chi connectivity index (χ4n) is 2.28. The summed E-state index contributed by atoms with van der Waals surface area (Å²) in [6.45, 7) is 4.17. The van der Waals surface area contributed by atoms with E-state index < -0.39 is 0 Å². The number of anilines is 1. The molecule has 1 saturated heterocycles. The lowest BCUT2D eigenvalue weighted by Crippen LogP contribution is -2.25. The van der Waals surface area contributed by atoms with Crippen molar-refractivity contribution in [1.82, 2.24) is 5.01 Å². The Balaban J connectivity index is 2.23. The molecule has 0 spiro atoms. The maximum absolute atomic E-state index is 6.06. The van der Waals surface area contributed by atoms with Crippen LogP contribution in [0.1, 0.15) is 31.7 Å². The molecule has 0 unspecified atom stereocenters. The monoisotopic (exact) mass is 265 g/mol. The van der Waals surface area contributed by atoms with Crippen molar-refractivity contribution in [1.29, 1.82) is 0 Å². The van der Waals surface area contributed by atoms with E-state index in [9.17, 15) is 0 Å². The minimum Gasteiger partial charge on any atom is -0.388 e. The zero-order valence-electron chi connectivity index (χ0n) is 11.0. The van der Waals surface area contributed by atoms with Crippen LogP contribution in [0.4, 0.5) is 5.69 Å². The van der Waals surface area contributed by atoms with Crippen molar-refractivity contribution in [2.75, 3.05) is 25.5 Å². The average molecular weight is 266 g/mol. The topological polar surface area (TPSA) is 27.6 Å². The van der Waals surface area contributed by atoms with Gasteiger partial charge in [0.25, 0.3) is 0 Å². The van der Waals surface area contributed by atoms with Crippen LogP contribution < -0.4 is 5.32 Å². The van der Waals surface area contributed by atoms with Crippen molar-refractivity contribution >= 4 is 23.0 Å². The molecule has 0 aliphatic carbocycles. The summed E-state index contributed by atoms with van der Waals surface area (Å²) in [6.07, 6.45) is 3.81. The van der Waals surface area contributed by atoms with E-state index in [2.05, 4.69) is 10.3 Å². The Morgan fingerprint density at radius 3 is 2.67 bits per heavy atom. The lowest BCUT2D eigenvalue weighted by atomic mass is 10.1. The van der Waals surface area contributed by atoms with Gasteiger partial charge < -0.3 is 5.32 Å². The van der Waals surface area contributed by atoms with Crippen molar-refractivity contribution in [2.45, 2.75) is 26.2 Å². The van der Waals surface area contributed by atoms with Gasteiger partial charge in [-0.1, -0.05) is 11.6 Å². The Labute approximate surface area is 114 Å². The zero-order valence-corrected chi connectivity index (χ0v) is 11.8. The molecular formula is C14H20ClN3. The summed E-state index contributed by atoms with van der Waals surface area (Å²) in [5.41, 5.74) is 3.16. The molecule has 0 radical (unpaired) electrons. The average Bonchev–Trinajstić information content (AvgIpc) is 2.40. The maximum atomic E-state index is 6.06. The van der Waals surface area contributed by atoms with E-state index in [-0.39, 0.29) is 0 Å². The van der Waals surface area contributed by atoms with Gasteiger partial charge in [0.1, 0.15) is 0 Å². The summed E-state index contributed by atoms with van der Waals surface area (Å²) in [5.74, 6) is 0. The van der Waals surface area contributed by atoms with Crippen molar-refractivity contribution in [2.24, 2.45) is 5.10 Å². The number of piperidine rings is 1. The Hall–Kier alpha value is -1.22. The standard InChI is InChI=1S/C14H20ClN3/c1-11(17-18-8-4-3-5-9-18)13-10-12(15)6-7-14(13)16-2/h6-7,10,16H,3-5,8-9H2,1-2H3/b17-11+. The van der Waals surface area contributed by atoms with E-state index >= 15 is 0 Å². The first-order chi connectivity index (χ1) is 8.70. The Bertz CT molecular complexity index is 437. The van der Waals surface area contributed by atoms with E-state index in [0.29, 0.717) is 0 Å². The van der Waals surface area contributed by atoms with Crippen molar-refractivity contribution in [3.63, 3.8) is 0 Å². The number of nitrogens with zero attached hydrogens (tertiary/aromatic N) is 2. The van der Waals surface area contributed by atoms with Gasteiger partial charge in [0.05, 0.1) is 5.71 Å². The molecule has 1 heterocycles. The highest BCUT2D eigenvalue weighted by Crippen LogP contribution is 2.21. The molecule has 18 heavy (non-hydrogen) atoms. The van der Waals surface area contributed by atoms with Crippen molar-refractivity contribution in [3.05, 3.63) is 28.8 Å². The lowest BCUT2D eigenvalue weighted by molar-refractivity contribution is 0.239. The highest BCUT2D eigenvalue weighted by molar-refractivity contribution is 6.31. The number of rotatable bonds is 3. The molecule has 4 heteroatoms. The molecule has 0 atom stereocenters. The van der Waals surface area contributed by atoms with Crippen LogP contribution in [0.5, 0.6) is 0 Å². The summed E-state index contributed by atoms with van der Waals surface area (Å²) in [6, 6.07) is 5.86. The molecule has 1 aromatic rings. The van der Waals surface area contributed by atoms with Gasteiger partial charge >= 0.3 is 0 Å². The quantitative estimate of drug-likeness (QED) is 0.846.